The van der Waals surface area contributed by atoms with Gasteiger partial charge < -0.3 is 15.2 Å². The summed E-state index contributed by atoms with van der Waals surface area (Å²) in [7, 11) is 0. The van der Waals surface area contributed by atoms with Crippen molar-refractivity contribution in [3.8, 4) is 5.75 Å². The maximum Gasteiger partial charge on any atom is 0.326 e. The van der Waals surface area contributed by atoms with E-state index < -0.39 is 5.54 Å². The Morgan fingerprint density at radius 3 is 2.62 bits per heavy atom. The van der Waals surface area contributed by atoms with Crippen LogP contribution in [0.15, 0.2) is 24.3 Å². The summed E-state index contributed by atoms with van der Waals surface area (Å²) in [5.41, 5.74) is 6.54. The molecule has 0 aromatic heterocycles. The molecule has 4 heteroatoms. The van der Waals surface area contributed by atoms with Gasteiger partial charge in [0.15, 0.2) is 0 Å². The van der Waals surface area contributed by atoms with Gasteiger partial charge in [-0.05, 0) is 43.4 Å². The van der Waals surface area contributed by atoms with Gasteiger partial charge in [-0.1, -0.05) is 26.0 Å². The van der Waals surface area contributed by atoms with Crippen molar-refractivity contribution in [1.82, 2.24) is 0 Å². The second-order valence-electron chi connectivity index (χ2n) is 6.08. The largest absolute Gasteiger partial charge is 0.490 e. The van der Waals surface area contributed by atoms with Crippen LogP contribution in [-0.4, -0.2) is 24.2 Å². The smallest absolute Gasteiger partial charge is 0.326 e. The number of carbonyl (C=O) groups excluding carboxylic acids is 1. The van der Waals surface area contributed by atoms with Crippen LogP contribution in [0.1, 0.15) is 51.5 Å². The second kappa shape index (κ2) is 6.48. The maximum absolute atomic E-state index is 11.9. The number of hydrogen-bond donors (Lipinski definition) is 1. The first-order chi connectivity index (χ1) is 9.94. The molecule has 2 rings (SSSR count). The first-order valence-corrected chi connectivity index (χ1v) is 7.67. The van der Waals surface area contributed by atoms with Gasteiger partial charge in [0.25, 0.3) is 0 Å². The molecule has 1 saturated carbocycles. The molecule has 0 heterocycles. The molecule has 1 aromatic carbocycles. The zero-order valence-electron chi connectivity index (χ0n) is 13.1. The Morgan fingerprint density at radius 2 is 2.05 bits per heavy atom. The summed E-state index contributed by atoms with van der Waals surface area (Å²) in [6.07, 6.45) is 1.88. The Morgan fingerprint density at radius 1 is 1.38 bits per heavy atom. The van der Waals surface area contributed by atoms with Gasteiger partial charge >= 0.3 is 5.97 Å². The molecule has 116 valence electrons. The summed E-state index contributed by atoms with van der Waals surface area (Å²) in [6, 6.07) is 8.12. The number of benzene rings is 1. The average Bonchev–Trinajstić information content (AvgIpc) is 2.82. The first kappa shape index (κ1) is 15.8. The van der Waals surface area contributed by atoms with Gasteiger partial charge in [-0.2, -0.15) is 0 Å². The van der Waals surface area contributed by atoms with Crippen molar-refractivity contribution in [3.05, 3.63) is 29.8 Å². The third-order valence-corrected chi connectivity index (χ3v) is 4.04. The normalized spacial score (nSPS) is 25.1. The molecule has 0 saturated heterocycles. The lowest BCUT2D eigenvalue weighted by Crippen LogP contribution is -2.47. The molecule has 21 heavy (non-hydrogen) atoms. The summed E-state index contributed by atoms with van der Waals surface area (Å²) in [5, 5.41) is 0. The van der Waals surface area contributed by atoms with Gasteiger partial charge in [0.05, 0.1) is 6.61 Å². The van der Waals surface area contributed by atoms with Crippen molar-refractivity contribution in [2.75, 3.05) is 6.61 Å². The minimum atomic E-state index is -0.890. The van der Waals surface area contributed by atoms with Gasteiger partial charge in [-0.25, -0.2) is 0 Å². The molecular weight excluding hydrogens is 266 g/mol. The highest BCUT2D eigenvalue weighted by Crippen LogP contribution is 2.32. The van der Waals surface area contributed by atoms with E-state index in [9.17, 15) is 4.79 Å². The molecular formula is C17H25NO3. The van der Waals surface area contributed by atoms with Crippen LogP contribution in [0, 0.1) is 0 Å². The summed E-state index contributed by atoms with van der Waals surface area (Å²) < 4.78 is 11.0. The minimum Gasteiger partial charge on any atom is -0.490 e. The summed E-state index contributed by atoms with van der Waals surface area (Å²) in [6.45, 7) is 6.48. The molecule has 0 bridgehead atoms. The van der Waals surface area contributed by atoms with Crippen LogP contribution >= 0.6 is 0 Å². The van der Waals surface area contributed by atoms with E-state index in [2.05, 4.69) is 26.0 Å². The van der Waals surface area contributed by atoms with Gasteiger partial charge in [0.2, 0.25) is 0 Å². The quantitative estimate of drug-likeness (QED) is 0.847. The van der Waals surface area contributed by atoms with E-state index in [4.69, 9.17) is 15.2 Å². The van der Waals surface area contributed by atoms with E-state index in [0.29, 0.717) is 25.4 Å². The first-order valence-electron chi connectivity index (χ1n) is 7.67. The fourth-order valence-corrected chi connectivity index (χ4v) is 2.71. The minimum absolute atomic E-state index is 0.0238. The van der Waals surface area contributed by atoms with Gasteiger partial charge in [0, 0.05) is 6.42 Å². The van der Waals surface area contributed by atoms with Gasteiger partial charge in [-0.3, -0.25) is 4.79 Å². The third-order valence-electron chi connectivity index (χ3n) is 4.04. The van der Waals surface area contributed by atoms with Gasteiger partial charge in [-0.15, -0.1) is 0 Å². The summed E-state index contributed by atoms with van der Waals surface area (Å²) in [4.78, 5) is 11.9. The molecule has 2 atom stereocenters. The molecule has 1 aliphatic rings. The predicted molar refractivity (Wildman–Crippen MR) is 82.3 cm³/mol. The molecule has 1 fully saturated rings. The Balaban J connectivity index is 1.94. The van der Waals surface area contributed by atoms with Crippen LogP contribution in [0.4, 0.5) is 0 Å². The number of carbonyl (C=O) groups is 1. The molecule has 4 nitrogen and oxygen atoms in total. The average molecular weight is 291 g/mol. The monoisotopic (exact) mass is 291 g/mol. The highest BCUT2D eigenvalue weighted by Gasteiger charge is 2.44. The standard InChI is InChI=1S/C17H25NO3/c1-4-20-16(19)17(18)10-9-15(11-17)21-14-7-5-13(6-8-14)12(2)3/h5-8,12,15H,4,9-11,18H2,1-3H3. The second-order valence-corrected chi connectivity index (χ2v) is 6.08. The van der Waals surface area contributed by atoms with Crippen molar-refractivity contribution in [2.24, 2.45) is 5.73 Å². The molecule has 1 aliphatic carbocycles. The number of esters is 1. The van der Waals surface area contributed by atoms with Crippen LogP contribution in [0.5, 0.6) is 5.75 Å². The van der Waals surface area contributed by atoms with Crippen LogP contribution < -0.4 is 10.5 Å². The molecule has 2 unspecified atom stereocenters. The van der Waals surface area contributed by atoms with E-state index in [0.717, 1.165) is 12.2 Å². The Bertz CT molecular complexity index is 483. The number of rotatable bonds is 5. The molecule has 0 radical (unpaired) electrons. The van der Waals surface area contributed by atoms with E-state index in [1.807, 2.05) is 12.1 Å². The van der Waals surface area contributed by atoms with Crippen LogP contribution in [0.2, 0.25) is 0 Å². The SMILES string of the molecule is CCOC(=O)C1(N)CCC(Oc2ccc(C(C)C)cc2)C1. The lowest BCUT2D eigenvalue weighted by atomic mass is 9.99. The summed E-state index contributed by atoms with van der Waals surface area (Å²) in [5.74, 6) is 1.02. The van der Waals surface area contributed by atoms with Crippen LogP contribution in [-0.2, 0) is 9.53 Å². The van der Waals surface area contributed by atoms with Crippen molar-refractivity contribution >= 4 is 5.97 Å². The highest BCUT2D eigenvalue weighted by atomic mass is 16.5. The lowest BCUT2D eigenvalue weighted by Gasteiger charge is -2.21. The molecule has 2 N–H and O–H groups in total. The molecule has 0 spiro atoms. The van der Waals surface area contributed by atoms with E-state index in [1.165, 1.54) is 5.56 Å². The number of nitrogens with two attached hydrogens (primary N) is 1. The lowest BCUT2D eigenvalue weighted by molar-refractivity contribution is -0.149. The number of ether oxygens (including phenoxy) is 2. The van der Waals surface area contributed by atoms with Crippen molar-refractivity contribution in [2.45, 2.75) is 57.6 Å². The van der Waals surface area contributed by atoms with E-state index >= 15 is 0 Å². The number of hydrogen-bond acceptors (Lipinski definition) is 4. The molecule has 1 aromatic rings. The van der Waals surface area contributed by atoms with Crippen molar-refractivity contribution in [3.63, 3.8) is 0 Å². The van der Waals surface area contributed by atoms with E-state index in [1.54, 1.807) is 6.92 Å². The zero-order chi connectivity index (χ0) is 15.5. The van der Waals surface area contributed by atoms with E-state index in [-0.39, 0.29) is 12.1 Å². The van der Waals surface area contributed by atoms with Crippen LogP contribution in [0.3, 0.4) is 0 Å². The van der Waals surface area contributed by atoms with Gasteiger partial charge in [0.1, 0.15) is 17.4 Å². The molecule has 0 amide bonds. The Hall–Kier alpha value is -1.55. The third kappa shape index (κ3) is 3.76. The Kier molecular flexibility index (Phi) is 4.88. The van der Waals surface area contributed by atoms with Crippen molar-refractivity contribution in [1.29, 1.82) is 0 Å². The Labute approximate surface area is 126 Å². The topological polar surface area (TPSA) is 61.5 Å². The molecule has 0 aliphatic heterocycles. The maximum atomic E-state index is 11.9. The predicted octanol–water partition coefficient (Wildman–Crippen LogP) is 3.00. The van der Waals surface area contributed by atoms with Crippen molar-refractivity contribution < 1.29 is 14.3 Å². The fraction of sp³-hybridized carbons (Fsp3) is 0.588. The fourth-order valence-electron chi connectivity index (χ4n) is 2.71. The highest BCUT2D eigenvalue weighted by molar-refractivity contribution is 5.81. The van der Waals surface area contributed by atoms with Crippen LogP contribution in [0.25, 0.3) is 0 Å². The summed E-state index contributed by atoms with van der Waals surface area (Å²) >= 11 is 0. The zero-order valence-corrected chi connectivity index (χ0v) is 13.1.